The van der Waals surface area contributed by atoms with Gasteiger partial charge in [-0.15, -0.1) is 11.3 Å². The third-order valence-corrected chi connectivity index (χ3v) is 5.57. The Labute approximate surface area is 184 Å². The zero-order valence-corrected chi connectivity index (χ0v) is 17.8. The number of hydrogen-bond acceptors (Lipinski definition) is 6. The van der Waals surface area contributed by atoms with Gasteiger partial charge in [-0.2, -0.15) is 5.26 Å². The highest BCUT2D eigenvalue weighted by Gasteiger charge is 2.11. The minimum Gasteiger partial charge on any atom is -0.331 e. The van der Waals surface area contributed by atoms with Crippen LogP contribution in [0.1, 0.15) is 27.0 Å². The van der Waals surface area contributed by atoms with Crippen LogP contribution in [0.25, 0.3) is 11.3 Å². The van der Waals surface area contributed by atoms with Gasteiger partial charge in [0.2, 0.25) is 0 Å². The number of hydrogen-bond donors (Lipinski definition) is 2. The number of nitrogens with one attached hydrogen (secondary N) is 2. The van der Waals surface area contributed by atoms with Crippen LogP contribution in [0.4, 0.5) is 16.5 Å². The van der Waals surface area contributed by atoms with Gasteiger partial charge < -0.3 is 10.6 Å². The molecule has 0 aliphatic rings. The van der Waals surface area contributed by atoms with Crippen LogP contribution in [0.15, 0.2) is 66.3 Å². The first-order valence-electron chi connectivity index (χ1n) is 9.59. The van der Waals surface area contributed by atoms with Crippen molar-refractivity contribution in [3.8, 4) is 17.3 Å². The van der Waals surface area contributed by atoms with Gasteiger partial charge in [-0.3, -0.25) is 9.78 Å². The van der Waals surface area contributed by atoms with E-state index in [0.29, 0.717) is 16.8 Å². The van der Waals surface area contributed by atoms with Crippen molar-refractivity contribution in [3.05, 3.63) is 88.6 Å². The van der Waals surface area contributed by atoms with Crippen LogP contribution in [0.5, 0.6) is 0 Å². The number of carbonyl (C=O) groups is 1. The summed E-state index contributed by atoms with van der Waals surface area (Å²) in [7, 11) is 0. The first-order chi connectivity index (χ1) is 15.0. The number of amides is 1. The van der Waals surface area contributed by atoms with Crippen molar-refractivity contribution in [2.75, 3.05) is 10.6 Å². The molecule has 0 aliphatic carbocycles. The van der Waals surface area contributed by atoms with Gasteiger partial charge in [0.15, 0.2) is 5.13 Å². The molecule has 1 amide bonds. The summed E-state index contributed by atoms with van der Waals surface area (Å²) in [5.74, 6) is -0.220. The number of carbonyl (C=O) groups excluding carboxylic acids is 1. The summed E-state index contributed by atoms with van der Waals surface area (Å²) in [6.07, 6.45) is 3.51. The Morgan fingerprint density at radius 3 is 2.71 bits per heavy atom. The summed E-state index contributed by atoms with van der Waals surface area (Å²) in [5, 5.41) is 18.0. The number of nitrogens with zero attached hydrogens (tertiary/aromatic N) is 3. The lowest BCUT2D eigenvalue weighted by atomic mass is 10.1. The normalized spacial score (nSPS) is 10.4. The van der Waals surface area contributed by atoms with Crippen LogP contribution in [0.2, 0.25) is 0 Å². The SMILES string of the molecule is Cc1cc(NC(=O)c2ccc(C)c(Nc3nc(-c4cccnc4)cs3)c2)ccc1C#N. The monoisotopic (exact) mass is 425 g/mol. The van der Waals surface area contributed by atoms with E-state index >= 15 is 0 Å². The lowest BCUT2D eigenvalue weighted by molar-refractivity contribution is 0.102. The Kier molecular flexibility index (Phi) is 5.74. The standard InChI is InChI=1S/C24H19N5OS/c1-15-5-6-17(23(30)27-20-8-7-18(12-25)16(2)10-20)11-21(15)28-24-29-22(14-31-24)19-4-3-9-26-13-19/h3-11,13-14H,1-2H3,(H,27,30)(H,28,29). The van der Waals surface area contributed by atoms with E-state index in [1.807, 2.05) is 43.5 Å². The van der Waals surface area contributed by atoms with E-state index < -0.39 is 0 Å². The second kappa shape index (κ2) is 8.78. The highest BCUT2D eigenvalue weighted by atomic mass is 32.1. The van der Waals surface area contributed by atoms with Crippen LogP contribution < -0.4 is 10.6 Å². The van der Waals surface area contributed by atoms with Gasteiger partial charge >= 0.3 is 0 Å². The Morgan fingerprint density at radius 2 is 1.97 bits per heavy atom. The number of benzene rings is 2. The fourth-order valence-corrected chi connectivity index (χ4v) is 3.79. The van der Waals surface area contributed by atoms with Crippen LogP contribution in [-0.4, -0.2) is 15.9 Å². The number of aryl methyl sites for hydroxylation is 2. The first-order valence-corrected chi connectivity index (χ1v) is 10.5. The molecule has 2 aromatic carbocycles. The molecule has 0 radical (unpaired) electrons. The van der Waals surface area contributed by atoms with Gasteiger partial charge in [-0.1, -0.05) is 6.07 Å². The van der Waals surface area contributed by atoms with Crippen LogP contribution >= 0.6 is 11.3 Å². The van der Waals surface area contributed by atoms with Gasteiger partial charge in [0.1, 0.15) is 0 Å². The van der Waals surface area contributed by atoms with E-state index in [-0.39, 0.29) is 5.91 Å². The quantitative estimate of drug-likeness (QED) is 0.429. The Morgan fingerprint density at radius 1 is 1.10 bits per heavy atom. The summed E-state index contributed by atoms with van der Waals surface area (Å²) in [5.41, 5.74) is 6.21. The Bertz CT molecular complexity index is 1290. The average Bonchev–Trinajstić information content (AvgIpc) is 3.24. The van der Waals surface area contributed by atoms with Crippen molar-refractivity contribution in [2.45, 2.75) is 13.8 Å². The molecule has 2 N–H and O–H groups in total. The second-order valence-electron chi connectivity index (χ2n) is 7.03. The number of rotatable bonds is 5. The molecule has 2 aromatic heterocycles. The molecule has 4 rings (SSSR count). The number of anilines is 3. The minimum atomic E-state index is -0.220. The largest absolute Gasteiger partial charge is 0.331 e. The molecule has 0 saturated carbocycles. The molecule has 7 heteroatoms. The molecule has 152 valence electrons. The Balaban J connectivity index is 1.52. The molecular weight excluding hydrogens is 406 g/mol. The topological polar surface area (TPSA) is 90.7 Å². The number of thiazole rings is 1. The molecule has 2 heterocycles. The Hall–Kier alpha value is -4.02. The van der Waals surface area contributed by atoms with Crippen LogP contribution in [-0.2, 0) is 0 Å². The van der Waals surface area contributed by atoms with Crippen molar-refractivity contribution < 1.29 is 4.79 Å². The molecule has 0 fully saturated rings. The summed E-state index contributed by atoms with van der Waals surface area (Å²) < 4.78 is 0. The molecule has 0 spiro atoms. The lowest BCUT2D eigenvalue weighted by Crippen LogP contribution is -2.12. The van der Waals surface area contributed by atoms with E-state index in [0.717, 1.165) is 33.2 Å². The zero-order chi connectivity index (χ0) is 21.8. The highest BCUT2D eigenvalue weighted by Crippen LogP contribution is 2.28. The smallest absolute Gasteiger partial charge is 0.255 e. The maximum atomic E-state index is 12.8. The summed E-state index contributed by atoms with van der Waals surface area (Å²) in [6.45, 7) is 3.82. The molecule has 0 bridgehead atoms. The van der Waals surface area contributed by atoms with Crippen molar-refractivity contribution in [1.82, 2.24) is 9.97 Å². The summed E-state index contributed by atoms with van der Waals surface area (Å²) >= 11 is 1.49. The lowest BCUT2D eigenvalue weighted by Gasteiger charge is -2.11. The molecule has 0 atom stereocenters. The molecule has 0 unspecified atom stereocenters. The molecule has 4 aromatic rings. The third-order valence-electron chi connectivity index (χ3n) is 4.81. The van der Waals surface area contributed by atoms with E-state index in [9.17, 15) is 4.79 Å². The van der Waals surface area contributed by atoms with Crippen molar-refractivity contribution in [3.63, 3.8) is 0 Å². The molecule has 0 aliphatic heterocycles. The fraction of sp³-hybridized carbons (Fsp3) is 0.0833. The van der Waals surface area contributed by atoms with E-state index in [1.165, 1.54) is 11.3 Å². The predicted molar refractivity (Wildman–Crippen MR) is 124 cm³/mol. The second-order valence-corrected chi connectivity index (χ2v) is 7.89. The van der Waals surface area contributed by atoms with E-state index in [2.05, 4.69) is 26.7 Å². The predicted octanol–water partition coefficient (Wildman–Crippen LogP) is 5.69. The highest BCUT2D eigenvalue weighted by molar-refractivity contribution is 7.14. The minimum absolute atomic E-state index is 0.220. The summed E-state index contributed by atoms with van der Waals surface area (Å²) in [6, 6.07) is 16.7. The van der Waals surface area contributed by atoms with E-state index in [4.69, 9.17) is 5.26 Å². The van der Waals surface area contributed by atoms with Gasteiger partial charge in [0.05, 0.1) is 17.3 Å². The molecular formula is C24H19N5OS. The zero-order valence-electron chi connectivity index (χ0n) is 17.0. The van der Waals surface area contributed by atoms with Gasteiger partial charge in [-0.25, -0.2) is 4.98 Å². The number of aromatic nitrogens is 2. The van der Waals surface area contributed by atoms with Crippen LogP contribution in [0, 0.1) is 25.2 Å². The third kappa shape index (κ3) is 4.60. The van der Waals surface area contributed by atoms with Crippen LogP contribution in [0.3, 0.4) is 0 Å². The summed E-state index contributed by atoms with van der Waals surface area (Å²) in [4.78, 5) is 21.5. The number of pyridine rings is 1. The maximum Gasteiger partial charge on any atom is 0.255 e. The van der Waals surface area contributed by atoms with Crippen molar-refractivity contribution in [1.29, 1.82) is 5.26 Å². The fourth-order valence-electron chi connectivity index (χ4n) is 3.06. The molecule has 0 saturated heterocycles. The van der Waals surface area contributed by atoms with Gasteiger partial charge in [-0.05, 0) is 67.4 Å². The van der Waals surface area contributed by atoms with Gasteiger partial charge in [0.25, 0.3) is 5.91 Å². The molecule has 31 heavy (non-hydrogen) atoms. The molecule has 6 nitrogen and oxygen atoms in total. The average molecular weight is 426 g/mol. The van der Waals surface area contributed by atoms with E-state index in [1.54, 1.807) is 36.7 Å². The first kappa shape index (κ1) is 20.3. The maximum absolute atomic E-state index is 12.8. The van der Waals surface area contributed by atoms with Gasteiger partial charge in [0, 0.05) is 40.3 Å². The number of nitriles is 1. The van der Waals surface area contributed by atoms with Crippen molar-refractivity contribution in [2.24, 2.45) is 0 Å². The van der Waals surface area contributed by atoms with Crippen molar-refractivity contribution >= 4 is 33.8 Å².